The number of likely N-dealkylation sites (tertiary alicyclic amines) is 1. The number of aromatic nitrogens is 1. The fourth-order valence-corrected chi connectivity index (χ4v) is 3.11. The van der Waals surface area contributed by atoms with E-state index in [-0.39, 0.29) is 18.9 Å². The first-order valence-electron chi connectivity index (χ1n) is 7.54. The van der Waals surface area contributed by atoms with Crippen LogP contribution in [0.15, 0.2) is 18.3 Å². The van der Waals surface area contributed by atoms with Gasteiger partial charge in [-0.25, -0.2) is 0 Å². The van der Waals surface area contributed by atoms with Crippen LogP contribution in [0.4, 0.5) is 0 Å². The van der Waals surface area contributed by atoms with Gasteiger partial charge >= 0.3 is 5.97 Å². The van der Waals surface area contributed by atoms with E-state index in [1.54, 1.807) is 25.3 Å². The number of carboxylic acids is 1. The second-order valence-electron chi connectivity index (χ2n) is 5.90. The number of carboxylic acid groups (broad SMARTS) is 1. The number of aryl methyl sites for hydroxylation is 1. The summed E-state index contributed by atoms with van der Waals surface area (Å²) >= 11 is 0. The lowest BCUT2D eigenvalue weighted by molar-refractivity contribution is -0.162. The molecule has 2 N–H and O–H groups in total. The summed E-state index contributed by atoms with van der Waals surface area (Å²) in [5, 5.41) is 19.9. The van der Waals surface area contributed by atoms with Crippen LogP contribution in [-0.4, -0.2) is 51.2 Å². The molecular weight excluding hydrogens is 284 g/mol. The predicted octanol–water partition coefficient (Wildman–Crippen LogP) is 1.47. The van der Waals surface area contributed by atoms with Crippen LogP contribution in [0.2, 0.25) is 0 Å². The van der Waals surface area contributed by atoms with Gasteiger partial charge in [0, 0.05) is 19.3 Å². The molecule has 22 heavy (non-hydrogen) atoms. The molecule has 1 aliphatic heterocycles. The third-order valence-electron chi connectivity index (χ3n) is 4.48. The van der Waals surface area contributed by atoms with Crippen LogP contribution in [0.3, 0.4) is 0 Å². The number of amides is 1. The SMILES string of the molecule is CCC[C@]1(C(=O)O)CCN(C(=O)c2ncccc2C)C[C@@H]1O. The lowest BCUT2D eigenvalue weighted by Gasteiger charge is -2.42. The van der Waals surface area contributed by atoms with Crippen LogP contribution in [0, 0.1) is 12.3 Å². The summed E-state index contributed by atoms with van der Waals surface area (Å²) in [5.41, 5.74) is -0.0244. The highest BCUT2D eigenvalue weighted by Gasteiger charge is 2.48. The molecule has 6 heteroatoms. The maximum absolute atomic E-state index is 12.5. The van der Waals surface area contributed by atoms with Crippen LogP contribution >= 0.6 is 0 Å². The van der Waals surface area contributed by atoms with E-state index in [0.717, 1.165) is 5.56 Å². The Morgan fingerprint density at radius 1 is 1.50 bits per heavy atom. The van der Waals surface area contributed by atoms with E-state index in [4.69, 9.17) is 0 Å². The molecule has 0 unspecified atom stereocenters. The molecule has 1 amide bonds. The minimum Gasteiger partial charge on any atom is -0.481 e. The van der Waals surface area contributed by atoms with Crippen molar-refractivity contribution in [1.29, 1.82) is 0 Å². The van der Waals surface area contributed by atoms with Crippen molar-refractivity contribution in [3.05, 3.63) is 29.6 Å². The van der Waals surface area contributed by atoms with Gasteiger partial charge in [0.1, 0.15) is 5.69 Å². The molecule has 2 heterocycles. The van der Waals surface area contributed by atoms with Crippen molar-refractivity contribution in [1.82, 2.24) is 9.88 Å². The number of piperidine rings is 1. The molecule has 0 spiro atoms. The van der Waals surface area contributed by atoms with Crippen LogP contribution in [0.5, 0.6) is 0 Å². The number of hydrogen-bond acceptors (Lipinski definition) is 4. The Hall–Kier alpha value is -1.95. The number of aliphatic carboxylic acids is 1. The lowest BCUT2D eigenvalue weighted by Crippen LogP contribution is -2.56. The average molecular weight is 306 g/mol. The zero-order valence-electron chi connectivity index (χ0n) is 13.0. The van der Waals surface area contributed by atoms with Crippen LogP contribution < -0.4 is 0 Å². The van der Waals surface area contributed by atoms with Crippen molar-refractivity contribution < 1.29 is 19.8 Å². The molecule has 0 saturated carbocycles. The van der Waals surface area contributed by atoms with E-state index in [9.17, 15) is 19.8 Å². The van der Waals surface area contributed by atoms with Gasteiger partial charge in [0.2, 0.25) is 0 Å². The molecular formula is C16H22N2O4. The van der Waals surface area contributed by atoms with Crippen molar-refractivity contribution in [3.63, 3.8) is 0 Å². The molecule has 1 aromatic heterocycles. The molecule has 0 aliphatic carbocycles. The second-order valence-corrected chi connectivity index (χ2v) is 5.90. The molecule has 0 aromatic carbocycles. The standard InChI is InChI=1S/C16H22N2O4/c1-3-6-16(15(21)22)7-9-18(10-12(16)19)14(20)13-11(2)5-4-8-17-13/h4-5,8,12,19H,3,6-7,9-10H2,1-2H3,(H,21,22)/t12-,16-/m0/s1. The quantitative estimate of drug-likeness (QED) is 0.879. The first-order chi connectivity index (χ1) is 10.4. The number of carbonyl (C=O) groups is 2. The minimum absolute atomic E-state index is 0.0289. The average Bonchev–Trinajstić information content (AvgIpc) is 2.49. The van der Waals surface area contributed by atoms with E-state index < -0.39 is 17.5 Å². The molecule has 6 nitrogen and oxygen atoms in total. The number of aliphatic hydroxyl groups is 1. The fraction of sp³-hybridized carbons (Fsp3) is 0.562. The molecule has 1 saturated heterocycles. The van der Waals surface area contributed by atoms with Gasteiger partial charge in [-0.15, -0.1) is 0 Å². The van der Waals surface area contributed by atoms with Crippen LogP contribution in [0.25, 0.3) is 0 Å². The maximum Gasteiger partial charge on any atom is 0.312 e. The summed E-state index contributed by atoms with van der Waals surface area (Å²) in [6.07, 6.45) is 1.84. The van der Waals surface area contributed by atoms with Crippen LogP contribution in [0.1, 0.15) is 42.2 Å². The molecule has 2 atom stereocenters. The first-order valence-corrected chi connectivity index (χ1v) is 7.54. The van der Waals surface area contributed by atoms with Gasteiger partial charge in [-0.3, -0.25) is 14.6 Å². The number of pyridine rings is 1. The Kier molecular flexibility index (Phi) is 4.81. The van der Waals surface area contributed by atoms with Gasteiger partial charge in [-0.1, -0.05) is 19.4 Å². The summed E-state index contributed by atoms with van der Waals surface area (Å²) in [5.74, 6) is -1.24. The summed E-state index contributed by atoms with van der Waals surface area (Å²) in [6.45, 7) is 4.05. The Bertz CT molecular complexity index is 575. The molecule has 2 rings (SSSR count). The smallest absolute Gasteiger partial charge is 0.312 e. The highest BCUT2D eigenvalue weighted by molar-refractivity contribution is 5.94. The molecule has 0 radical (unpaired) electrons. The first kappa shape index (κ1) is 16.4. The monoisotopic (exact) mass is 306 g/mol. The number of aliphatic hydroxyl groups excluding tert-OH is 1. The third kappa shape index (κ3) is 2.83. The second kappa shape index (κ2) is 6.44. The van der Waals surface area contributed by atoms with E-state index >= 15 is 0 Å². The Morgan fingerprint density at radius 2 is 2.23 bits per heavy atom. The predicted molar refractivity (Wildman–Crippen MR) is 80.5 cm³/mol. The zero-order chi connectivity index (χ0) is 16.3. The van der Waals surface area contributed by atoms with E-state index in [1.165, 1.54) is 4.90 Å². The summed E-state index contributed by atoms with van der Waals surface area (Å²) < 4.78 is 0. The molecule has 1 aromatic rings. The molecule has 1 fully saturated rings. The van der Waals surface area contributed by atoms with Gasteiger partial charge in [0.15, 0.2) is 0 Å². The topological polar surface area (TPSA) is 90.7 Å². The number of nitrogens with zero attached hydrogens (tertiary/aromatic N) is 2. The van der Waals surface area contributed by atoms with Crippen molar-refractivity contribution in [2.45, 2.75) is 39.2 Å². The Morgan fingerprint density at radius 3 is 2.77 bits per heavy atom. The Labute approximate surface area is 129 Å². The molecule has 1 aliphatic rings. The molecule has 0 bridgehead atoms. The van der Waals surface area contributed by atoms with Crippen molar-refractivity contribution >= 4 is 11.9 Å². The van der Waals surface area contributed by atoms with Crippen molar-refractivity contribution in [2.75, 3.05) is 13.1 Å². The number of hydrogen-bond donors (Lipinski definition) is 2. The normalized spacial score (nSPS) is 25.0. The van der Waals surface area contributed by atoms with Crippen molar-refractivity contribution in [3.8, 4) is 0 Å². The maximum atomic E-state index is 12.5. The highest BCUT2D eigenvalue weighted by atomic mass is 16.4. The fourth-order valence-electron chi connectivity index (χ4n) is 3.11. The molecule has 120 valence electrons. The number of rotatable bonds is 4. The largest absolute Gasteiger partial charge is 0.481 e. The lowest BCUT2D eigenvalue weighted by atomic mass is 9.72. The third-order valence-corrected chi connectivity index (χ3v) is 4.48. The summed E-state index contributed by atoms with van der Waals surface area (Å²) in [7, 11) is 0. The zero-order valence-corrected chi connectivity index (χ0v) is 13.0. The van der Waals surface area contributed by atoms with Gasteiger partial charge in [0.25, 0.3) is 5.91 Å². The minimum atomic E-state index is -1.15. The van der Waals surface area contributed by atoms with Gasteiger partial charge in [-0.05, 0) is 31.4 Å². The van der Waals surface area contributed by atoms with Crippen molar-refractivity contribution in [2.24, 2.45) is 5.41 Å². The van der Waals surface area contributed by atoms with Gasteiger partial charge in [0.05, 0.1) is 11.5 Å². The van der Waals surface area contributed by atoms with E-state index in [0.29, 0.717) is 25.1 Å². The summed E-state index contributed by atoms with van der Waals surface area (Å²) in [6, 6.07) is 3.56. The van der Waals surface area contributed by atoms with Gasteiger partial charge in [-0.2, -0.15) is 0 Å². The number of β-amino-alcohol motifs (C(OH)–C–C–N with tert-alkyl or cyclic N) is 1. The highest BCUT2D eigenvalue weighted by Crippen LogP contribution is 2.37. The van der Waals surface area contributed by atoms with E-state index in [1.807, 2.05) is 6.92 Å². The van der Waals surface area contributed by atoms with Crippen LogP contribution in [-0.2, 0) is 4.79 Å². The van der Waals surface area contributed by atoms with Gasteiger partial charge < -0.3 is 15.1 Å². The Balaban J connectivity index is 2.18. The summed E-state index contributed by atoms with van der Waals surface area (Å²) in [4.78, 5) is 29.7. The number of carbonyl (C=O) groups excluding carboxylic acids is 1. The van der Waals surface area contributed by atoms with E-state index in [2.05, 4.69) is 4.98 Å².